The first-order valence-electron chi connectivity index (χ1n) is 12.9. The van der Waals surface area contributed by atoms with Gasteiger partial charge in [0.15, 0.2) is 10.9 Å². The van der Waals surface area contributed by atoms with Gasteiger partial charge in [0, 0.05) is 16.7 Å². The quantitative estimate of drug-likeness (QED) is 0.127. The molecule has 12 heteroatoms. The molecule has 218 valence electrons. The van der Waals surface area contributed by atoms with Crippen molar-refractivity contribution in [2.45, 2.75) is 26.7 Å². The lowest BCUT2D eigenvalue weighted by molar-refractivity contribution is -0.137. The second-order valence-electron chi connectivity index (χ2n) is 9.03. The van der Waals surface area contributed by atoms with Gasteiger partial charge in [-0.2, -0.15) is 4.36 Å². The molecule has 0 spiro atoms. The van der Waals surface area contributed by atoms with E-state index in [0.717, 1.165) is 12.8 Å². The average molecular weight is 593 g/mol. The number of nitrogens with zero attached hydrogens (tertiary/aromatic N) is 2. The molecule has 0 amide bonds. The molecule has 0 fully saturated rings. The van der Waals surface area contributed by atoms with Gasteiger partial charge < -0.3 is 19.4 Å². The van der Waals surface area contributed by atoms with E-state index in [1.165, 1.54) is 43.7 Å². The molecule has 0 aromatic heterocycles. The first kappa shape index (κ1) is 30.2. The topological polar surface area (TPSA) is 150 Å². The first-order chi connectivity index (χ1) is 20.2. The normalized spacial score (nSPS) is 17.3. The fourth-order valence-electron chi connectivity index (χ4n) is 4.19. The highest BCUT2D eigenvalue weighted by Crippen LogP contribution is 2.37. The van der Waals surface area contributed by atoms with Gasteiger partial charge in [-0.25, -0.2) is 18.6 Å². The molecular weight excluding hydrogens is 564 g/mol. The number of esters is 1. The number of benzene rings is 2. The Labute approximate surface area is 243 Å². The maximum Gasteiger partial charge on any atom is 0.368 e. The molecule has 0 saturated heterocycles. The van der Waals surface area contributed by atoms with Crippen molar-refractivity contribution in [2.24, 2.45) is 9.52 Å². The van der Waals surface area contributed by atoms with E-state index in [4.69, 9.17) is 18.5 Å². The van der Waals surface area contributed by atoms with E-state index in [0.29, 0.717) is 23.4 Å². The number of hydrogen-bond acceptors (Lipinski definition) is 10. The third-order valence-corrected chi connectivity index (χ3v) is 6.92. The summed E-state index contributed by atoms with van der Waals surface area (Å²) in [6.45, 7) is 3.92. The number of oxime groups is 1. The second-order valence-corrected chi connectivity index (χ2v) is 9.96. The van der Waals surface area contributed by atoms with E-state index in [9.17, 15) is 23.7 Å². The summed E-state index contributed by atoms with van der Waals surface area (Å²) in [6.07, 6.45) is 7.36. The van der Waals surface area contributed by atoms with E-state index >= 15 is 0 Å². The summed E-state index contributed by atoms with van der Waals surface area (Å²) in [5.41, 5.74) is 1.76. The van der Waals surface area contributed by atoms with E-state index in [2.05, 4.69) is 9.52 Å². The van der Waals surface area contributed by atoms with Crippen LogP contribution in [0.25, 0.3) is 5.57 Å². The summed E-state index contributed by atoms with van der Waals surface area (Å²) in [7, 11) is -1.15. The van der Waals surface area contributed by atoms with Crippen LogP contribution in [0.4, 0.5) is 5.69 Å². The minimum Gasteiger partial charge on any atom is -0.478 e. The Morgan fingerprint density at radius 3 is 2.69 bits per heavy atom. The molecule has 2 heterocycles. The van der Waals surface area contributed by atoms with Gasteiger partial charge in [0.1, 0.15) is 11.5 Å². The number of para-hydroxylation sites is 1. The molecule has 1 N–H and O–H groups in total. The van der Waals surface area contributed by atoms with E-state index in [1.54, 1.807) is 37.3 Å². The number of carboxylic acids is 1. The van der Waals surface area contributed by atoms with Crippen molar-refractivity contribution in [3.63, 3.8) is 0 Å². The maximum atomic E-state index is 12.9. The fraction of sp³-hybridized carbons (Fsp3) is 0.200. The van der Waals surface area contributed by atoms with Crippen LogP contribution in [-0.4, -0.2) is 46.7 Å². The molecule has 4 rings (SSSR count). The number of aromatic carboxylic acids is 1. The van der Waals surface area contributed by atoms with Gasteiger partial charge >= 0.3 is 17.9 Å². The molecule has 2 aliphatic heterocycles. The SMILES string of the molecule is CCCCO[SH](=O)=Nc1ccccc1C1=NOC(=O)\C1=C/C(C)=C/C(C(=O)OC)=C1/C=COc2cccc(C(=O)O)c21. The van der Waals surface area contributed by atoms with Gasteiger partial charge in [-0.05, 0) is 55.3 Å². The number of rotatable bonds is 10. The summed E-state index contributed by atoms with van der Waals surface area (Å²) in [5, 5.41) is 13.7. The molecule has 11 nitrogen and oxygen atoms in total. The van der Waals surface area contributed by atoms with E-state index in [-0.39, 0.29) is 39.3 Å². The highest BCUT2D eigenvalue weighted by molar-refractivity contribution is 7.69. The van der Waals surface area contributed by atoms with Gasteiger partial charge in [0.05, 0.1) is 42.4 Å². The molecule has 2 aromatic rings. The van der Waals surface area contributed by atoms with E-state index in [1.807, 2.05) is 6.92 Å². The van der Waals surface area contributed by atoms with Crippen LogP contribution in [0.15, 0.2) is 93.2 Å². The van der Waals surface area contributed by atoms with Crippen molar-refractivity contribution < 1.29 is 42.2 Å². The van der Waals surface area contributed by atoms with Crippen LogP contribution >= 0.6 is 0 Å². The highest BCUT2D eigenvalue weighted by Gasteiger charge is 2.29. The number of allylic oxidation sites excluding steroid dienone is 4. The predicted molar refractivity (Wildman–Crippen MR) is 156 cm³/mol. The molecule has 2 aromatic carbocycles. The zero-order valence-electron chi connectivity index (χ0n) is 23.0. The van der Waals surface area contributed by atoms with Crippen molar-refractivity contribution in [1.29, 1.82) is 0 Å². The molecule has 1 atom stereocenters. The Morgan fingerprint density at radius 2 is 1.95 bits per heavy atom. The van der Waals surface area contributed by atoms with Gasteiger partial charge in [-0.1, -0.05) is 42.8 Å². The molecule has 0 saturated carbocycles. The highest BCUT2D eigenvalue weighted by atomic mass is 32.2. The Morgan fingerprint density at radius 1 is 1.17 bits per heavy atom. The number of thiol groups is 1. The Balaban J connectivity index is 1.79. The van der Waals surface area contributed by atoms with Crippen LogP contribution in [0.2, 0.25) is 0 Å². The Hall–Kier alpha value is -4.81. The number of methoxy groups -OCH3 is 1. The monoisotopic (exact) mass is 592 g/mol. The fourth-order valence-corrected chi connectivity index (χ4v) is 4.88. The molecule has 0 radical (unpaired) electrons. The van der Waals surface area contributed by atoms with Gasteiger partial charge in [0.25, 0.3) is 0 Å². The lowest BCUT2D eigenvalue weighted by Gasteiger charge is -2.18. The summed E-state index contributed by atoms with van der Waals surface area (Å²) >= 11 is 0. The number of carboxylic acid groups (broad SMARTS) is 1. The van der Waals surface area contributed by atoms with Crippen LogP contribution in [-0.2, 0) is 34.2 Å². The molecular formula is C30H28N2O9S. The van der Waals surface area contributed by atoms with Crippen molar-refractivity contribution in [3.05, 3.63) is 100 Å². The molecule has 42 heavy (non-hydrogen) atoms. The summed E-state index contributed by atoms with van der Waals surface area (Å²) in [6, 6.07) is 11.2. The number of carbonyl (C=O) groups is 3. The van der Waals surface area contributed by atoms with Gasteiger partial charge in [-0.15, -0.1) is 0 Å². The number of fused-ring (bicyclic) bond motifs is 1. The van der Waals surface area contributed by atoms with Crippen LogP contribution in [0, 0.1) is 0 Å². The molecule has 0 aliphatic carbocycles. The van der Waals surface area contributed by atoms with E-state index < -0.39 is 28.8 Å². The molecule has 0 bridgehead atoms. The van der Waals surface area contributed by atoms with Crippen LogP contribution < -0.4 is 4.74 Å². The molecule has 2 aliphatic rings. The first-order valence-corrected chi connectivity index (χ1v) is 14.0. The Bertz CT molecular complexity index is 1670. The zero-order valence-corrected chi connectivity index (χ0v) is 23.9. The number of hydrogen-bond donors (Lipinski definition) is 2. The zero-order chi connectivity index (χ0) is 30.2. The van der Waals surface area contributed by atoms with Crippen LogP contribution in [0.5, 0.6) is 5.75 Å². The maximum absolute atomic E-state index is 12.9. The van der Waals surface area contributed by atoms with Crippen LogP contribution in [0.3, 0.4) is 0 Å². The minimum absolute atomic E-state index is 0.0304. The van der Waals surface area contributed by atoms with Crippen molar-refractivity contribution >= 4 is 45.8 Å². The van der Waals surface area contributed by atoms with Crippen LogP contribution in [0.1, 0.15) is 48.2 Å². The minimum atomic E-state index is -2.35. The molecule has 1 unspecified atom stereocenters. The Kier molecular flexibility index (Phi) is 9.84. The lowest BCUT2D eigenvalue weighted by Crippen LogP contribution is -2.12. The smallest absolute Gasteiger partial charge is 0.368 e. The largest absolute Gasteiger partial charge is 0.478 e. The third-order valence-electron chi connectivity index (χ3n) is 6.14. The number of unbranched alkanes of at least 4 members (excludes halogenated alkanes) is 1. The third kappa shape index (κ3) is 6.73. The van der Waals surface area contributed by atoms with Crippen molar-refractivity contribution in [3.8, 4) is 5.75 Å². The summed E-state index contributed by atoms with van der Waals surface area (Å²) in [5.74, 6) is -2.43. The van der Waals surface area contributed by atoms with Gasteiger partial charge in [-0.3, -0.25) is 4.18 Å². The van der Waals surface area contributed by atoms with Crippen molar-refractivity contribution in [2.75, 3.05) is 13.7 Å². The standard InChI is InChI=1S/C30H28N2O9S/c1-4-5-14-40-42(37)32-24-11-7-6-9-20(24)27-23(30(36)41-31-27)17-18(2)16-22(29(35)38-3)19-13-15-39-25-12-8-10-21(26(19)25)28(33)34/h6-13,15-17,42H,4-5,14H2,1-3H3,(H,33,34)/b18-16+,22-19+,23-17-. The van der Waals surface area contributed by atoms with Gasteiger partial charge in [0.2, 0.25) is 0 Å². The average Bonchev–Trinajstić information content (AvgIpc) is 3.34. The summed E-state index contributed by atoms with van der Waals surface area (Å²) < 4.78 is 32.3. The number of carbonyl (C=O) groups excluding carboxylic acids is 2. The summed E-state index contributed by atoms with van der Waals surface area (Å²) in [4.78, 5) is 42.6. The lowest BCUT2D eigenvalue weighted by atomic mass is 9.92. The van der Waals surface area contributed by atoms with Crippen molar-refractivity contribution in [1.82, 2.24) is 0 Å². The predicted octanol–water partition coefficient (Wildman–Crippen LogP) is 5.08. The second kappa shape index (κ2) is 13.7. The number of ether oxygens (including phenoxy) is 2.